The lowest BCUT2D eigenvalue weighted by molar-refractivity contribution is 0.0976. The van der Waals surface area contributed by atoms with Crippen LogP contribution in [0.25, 0.3) is 0 Å². The maximum absolute atomic E-state index is 12.3. The normalized spacial score (nSPS) is 10.7. The van der Waals surface area contributed by atoms with Gasteiger partial charge < -0.3 is 10.1 Å². The maximum atomic E-state index is 12.3. The van der Waals surface area contributed by atoms with E-state index in [4.69, 9.17) is 4.74 Å². The van der Waals surface area contributed by atoms with E-state index >= 15 is 0 Å². The highest BCUT2D eigenvalue weighted by Crippen LogP contribution is 2.02. The number of carbonyl (C=O) groups excluding carboxylic acids is 2. The van der Waals surface area contributed by atoms with E-state index < -0.39 is 6.09 Å². The van der Waals surface area contributed by atoms with Crippen molar-refractivity contribution >= 4 is 17.8 Å². The molecule has 0 heterocycles. The monoisotopic (exact) mass is 311 g/mol. The minimum atomic E-state index is -0.685. The van der Waals surface area contributed by atoms with Gasteiger partial charge in [-0.1, -0.05) is 48.5 Å². The number of hydrogen-bond donors (Lipinski definition) is 2. The highest BCUT2D eigenvalue weighted by atomic mass is 16.5. The topological polar surface area (TPSA) is 79.8 Å². The Morgan fingerprint density at radius 3 is 2.09 bits per heavy atom. The first kappa shape index (κ1) is 16.2. The van der Waals surface area contributed by atoms with Gasteiger partial charge in [-0.2, -0.15) is 5.10 Å². The third-order valence-electron chi connectivity index (χ3n) is 2.85. The Hall–Kier alpha value is -3.15. The summed E-state index contributed by atoms with van der Waals surface area (Å²) in [6.45, 7) is 1.93. The summed E-state index contributed by atoms with van der Waals surface area (Å²) in [7, 11) is 0. The molecule has 0 fully saturated rings. The van der Waals surface area contributed by atoms with Crippen molar-refractivity contribution in [2.45, 2.75) is 6.92 Å². The molecule has 0 aliphatic heterocycles. The first-order valence-electron chi connectivity index (χ1n) is 7.13. The number of hydrazone groups is 1. The molecule has 6 heteroatoms. The van der Waals surface area contributed by atoms with Gasteiger partial charge in [-0.15, -0.1) is 0 Å². The molecule has 0 saturated heterocycles. The number of nitrogens with zero attached hydrogens (tertiary/aromatic N) is 1. The largest absolute Gasteiger partial charge is 0.449 e. The molecule has 2 amide bonds. The Labute approximate surface area is 134 Å². The van der Waals surface area contributed by atoms with Crippen molar-refractivity contribution in [1.29, 1.82) is 0 Å². The fourth-order valence-electron chi connectivity index (χ4n) is 1.79. The number of nitrogens with one attached hydrogen (secondary N) is 2. The highest BCUT2D eigenvalue weighted by Gasteiger charge is 2.11. The van der Waals surface area contributed by atoms with Crippen molar-refractivity contribution in [2.24, 2.45) is 5.10 Å². The van der Waals surface area contributed by atoms with Crippen LogP contribution in [0.3, 0.4) is 0 Å². The van der Waals surface area contributed by atoms with Crippen LogP contribution in [0.2, 0.25) is 0 Å². The van der Waals surface area contributed by atoms with Crippen LogP contribution in [-0.2, 0) is 4.74 Å². The molecule has 0 atom stereocenters. The number of carbonyl (C=O) groups is 2. The van der Waals surface area contributed by atoms with Crippen molar-refractivity contribution in [3.63, 3.8) is 0 Å². The quantitative estimate of drug-likeness (QED) is 0.517. The lowest BCUT2D eigenvalue weighted by Gasteiger charge is -2.09. The van der Waals surface area contributed by atoms with E-state index in [9.17, 15) is 9.59 Å². The van der Waals surface area contributed by atoms with E-state index in [0.717, 1.165) is 0 Å². The highest BCUT2D eigenvalue weighted by molar-refractivity contribution is 6.12. The predicted octanol–water partition coefficient (Wildman–Crippen LogP) is 2.52. The third-order valence-corrected chi connectivity index (χ3v) is 2.85. The van der Waals surface area contributed by atoms with E-state index in [1.165, 1.54) is 0 Å². The minimum Gasteiger partial charge on any atom is -0.449 e. The number of amidine groups is 1. The zero-order valence-corrected chi connectivity index (χ0v) is 12.7. The first-order valence-corrected chi connectivity index (χ1v) is 7.13. The summed E-state index contributed by atoms with van der Waals surface area (Å²) in [5.74, 6) is -0.0913. The molecule has 2 aromatic rings. The number of hydrogen-bond acceptors (Lipinski definition) is 4. The molecule has 6 nitrogen and oxygen atoms in total. The van der Waals surface area contributed by atoms with E-state index in [1.54, 1.807) is 43.3 Å². The van der Waals surface area contributed by atoms with Crippen LogP contribution in [0, 0.1) is 0 Å². The van der Waals surface area contributed by atoms with E-state index in [0.29, 0.717) is 11.1 Å². The van der Waals surface area contributed by atoms with Gasteiger partial charge >= 0.3 is 6.09 Å². The van der Waals surface area contributed by atoms with Gasteiger partial charge in [0.2, 0.25) is 0 Å². The Bertz CT molecular complexity index is 685. The van der Waals surface area contributed by atoms with Crippen LogP contribution >= 0.6 is 0 Å². The summed E-state index contributed by atoms with van der Waals surface area (Å²) in [5.41, 5.74) is 3.40. The Morgan fingerprint density at radius 1 is 0.957 bits per heavy atom. The smallest absolute Gasteiger partial charge is 0.427 e. The number of rotatable bonds is 4. The second kappa shape index (κ2) is 8.33. The molecule has 2 N–H and O–H groups in total. The molecule has 118 valence electrons. The molecule has 0 unspecified atom stereocenters. The summed E-state index contributed by atoms with van der Waals surface area (Å²) >= 11 is 0. The van der Waals surface area contributed by atoms with Crippen LogP contribution in [0.15, 0.2) is 65.8 Å². The van der Waals surface area contributed by atoms with Crippen LogP contribution in [0.1, 0.15) is 22.8 Å². The van der Waals surface area contributed by atoms with Crippen molar-refractivity contribution in [1.82, 2.24) is 10.7 Å². The Morgan fingerprint density at radius 2 is 1.52 bits per heavy atom. The van der Waals surface area contributed by atoms with Gasteiger partial charge in [0.25, 0.3) is 5.91 Å². The van der Waals surface area contributed by atoms with Crippen molar-refractivity contribution < 1.29 is 14.3 Å². The second-order valence-corrected chi connectivity index (χ2v) is 4.48. The van der Waals surface area contributed by atoms with Gasteiger partial charge in [0.1, 0.15) is 0 Å². The number of amides is 2. The molecule has 23 heavy (non-hydrogen) atoms. The summed E-state index contributed by atoms with van der Waals surface area (Å²) in [5, 5.41) is 6.63. The van der Waals surface area contributed by atoms with Gasteiger partial charge in [0.15, 0.2) is 5.84 Å². The fraction of sp³-hybridized carbons (Fsp3) is 0.118. The number of benzene rings is 2. The van der Waals surface area contributed by atoms with Gasteiger partial charge in [-0.05, 0) is 19.1 Å². The molecule has 0 radical (unpaired) electrons. The van der Waals surface area contributed by atoms with Gasteiger partial charge in [0, 0.05) is 11.1 Å². The Balaban J connectivity index is 2.18. The van der Waals surface area contributed by atoms with Crippen molar-refractivity contribution in [3.05, 3.63) is 71.8 Å². The SMILES string of the molecule is CCOC(=O)N/N=C(/NC(=O)c1ccccc1)c1ccccc1. The second-order valence-electron chi connectivity index (χ2n) is 4.48. The lowest BCUT2D eigenvalue weighted by Crippen LogP contribution is -2.34. The molecule has 0 saturated carbocycles. The molecule has 0 bridgehead atoms. The lowest BCUT2D eigenvalue weighted by atomic mass is 10.2. The summed E-state index contributed by atoms with van der Waals surface area (Å²) in [6, 6.07) is 17.8. The average molecular weight is 311 g/mol. The predicted molar refractivity (Wildman–Crippen MR) is 87.0 cm³/mol. The zero-order chi connectivity index (χ0) is 16.5. The first-order chi connectivity index (χ1) is 11.2. The van der Waals surface area contributed by atoms with Gasteiger partial charge in [-0.25, -0.2) is 10.2 Å². The van der Waals surface area contributed by atoms with Crippen molar-refractivity contribution in [2.75, 3.05) is 6.61 Å². The van der Waals surface area contributed by atoms with E-state index in [1.807, 2.05) is 24.3 Å². The zero-order valence-electron chi connectivity index (χ0n) is 12.7. The molecular formula is C17H17N3O3. The van der Waals surface area contributed by atoms with Gasteiger partial charge in [0.05, 0.1) is 6.61 Å². The van der Waals surface area contributed by atoms with Crippen LogP contribution in [0.4, 0.5) is 4.79 Å². The molecule has 0 aliphatic carbocycles. The molecule has 2 rings (SSSR count). The van der Waals surface area contributed by atoms with Crippen LogP contribution < -0.4 is 10.7 Å². The molecule has 0 spiro atoms. The van der Waals surface area contributed by atoms with Gasteiger partial charge in [-0.3, -0.25) is 4.79 Å². The standard InChI is InChI=1S/C17H17N3O3/c1-2-23-17(22)20-19-15(13-9-5-3-6-10-13)18-16(21)14-11-7-4-8-12-14/h3-12H,2H2,1H3,(H,20,22)(H,18,19,21). The maximum Gasteiger partial charge on any atom is 0.427 e. The minimum absolute atomic E-state index is 0.229. The Kier molecular flexibility index (Phi) is 5.88. The summed E-state index contributed by atoms with van der Waals surface area (Å²) in [6.07, 6.45) is -0.685. The van der Waals surface area contributed by atoms with Crippen molar-refractivity contribution in [3.8, 4) is 0 Å². The molecule has 0 aromatic heterocycles. The fourth-order valence-corrected chi connectivity index (χ4v) is 1.79. The molecule has 0 aliphatic rings. The van der Waals surface area contributed by atoms with Crippen LogP contribution in [-0.4, -0.2) is 24.4 Å². The van der Waals surface area contributed by atoms with E-state index in [-0.39, 0.29) is 18.3 Å². The summed E-state index contributed by atoms with van der Waals surface area (Å²) in [4.78, 5) is 23.6. The van der Waals surface area contributed by atoms with E-state index in [2.05, 4.69) is 15.8 Å². The summed E-state index contributed by atoms with van der Waals surface area (Å²) < 4.78 is 4.75. The third kappa shape index (κ3) is 4.96. The average Bonchev–Trinajstić information content (AvgIpc) is 2.60. The molecule has 2 aromatic carbocycles. The van der Waals surface area contributed by atoms with Crippen LogP contribution in [0.5, 0.6) is 0 Å². The molecular weight excluding hydrogens is 294 g/mol. The number of ether oxygens (including phenoxy) is 1.